The van der Waals surface area contributed by atoms with Crippen molar-refractivity contribution in [3.05, 3.63) is 0 Å². The molecule has 3 N–H and O–H groups in total. The minimum absolute atomic E-state index is 0.188. The van der Waals surface area contributed by atoms with Crippen molar-refractivity contribution in [2.45, 2.75) is 13.8 Å². The van der Waals surface area contributed by atoms with Crippen molar-refractivity contribution in [3.63, 3.8) is 0 Å². The van der Waals surface area contributed by atoms with Crippen LogP contribution in [0.25, 0.3) is 0 Å². The zero-order valence-electron chi connectivity index (χ0n) is 4.45. The van der Waals surface area contributed by atoms with E-state index >= 15 is 0 Å². The Morgan fingerprint density at radius 2 is 2.00 bits per heavy atom. The Morgan fingerprint density at radius 3 is 2.00 bits per heavy atom. The molecule has 0 heterocycles. The van der Waals surface area contributed by atoms with Crippen molar-refractivity contribution in [1.82, 2.24) is 0 Å². The lowest BCUT2D eigenvalue weighted by molar-refractivity contribution is 0.549. The van der Waals surface area contributed by atoms with Gasteiger partial charge < -0.3 is 5.11 Å². The second kappa shape index (κ2) is 2.34. The molecule has 0 aromatic rings. The van der Waals surface area contributed by atoms with Gasteiger partial charge in [-0.25, -0.2) is 0 Å². The number of nitrogens with zero attached hydrogens (tertiary/aromatic N) is 1. The summed E-state index contributed by atoms with van der Waals surface area (Å²) in [5.74, 6) is 0.375. The van der Waals surface area contributed by atoms with Gasteiger partial charge in [0.25, 0.3) is 0 Å². The van der Waals surface area contributed by atoms with E-state index in [4.69, 9.17) is 10.5 Å². The molecule has 0 aliphatic heterocycles. The maximum absolute atomic E-state index is 6.72. The van der Waals surface area contributed by atoms with Crippen LogP contribution in [0.1, 0.15) is 13.8 Å². The van der Waals surface area contributed by atoms with E-state index in [9.17, 15) is 0 Å². The van der Waals surface area contributed by atoms with Gasteiger partial charge in [-0.1, -0.05) is 0 Å². The Bertz CT molecular complexity index is 102. The van der Waals surface area contributed by atoms with E-state index in [1.165, 1.54) is 13.8 Å². The Labute approximate surface area is 42.2 Å². The molecule has 0 rings (SSSR count). The van der Waals surface area contributed by atoms with Gasteiger partial charge in [0.2, 0.25) is 0 Å². The van der Waals surface area contributed by atoms with E-state index in [0.717, 1.165) is 0 Å². The molecular formula is C4H9N2O+. The highest BCUT2D eigenvalue weighted by Crippen LogP contribution is 1.72. The van der Waals surface area contributed by atoms with Crippen LogP contribution < -0.4 is 0 Å². The normalized spacial score (nSPS) is 11.4. The molecule has 0 radical (unpaired) electrons. The van der Waals surface area contributed by atoms with Crippen LogP contribution in [-0.4, -0.2) is 16.8 Å². The van der Waals surface area contributed by atoms with E-state index in [1.54, 1.807) is 0 Å². The predicted molar refractivity (Wildman–Crippen MR) is 30.1 cm³/mol. The highest BCUT2D eigenvalue weighted by Gasteiger charge is 1.84. The molecule has 3 nitrogen and oxygen atoms in total. The number of hydrogen-bond donors (Lipinski definition) is 1. The molecule has 0 bridgehead atoms. The third-order valence-corrected chi connectivity index (χ3v) is 0.335. The molecule has 0 fully saturated rings. The van der Waals surface area contributed by atoms with Crippen LogP contribution >= 0.6 is 0 Å². The Balaban J connectivity index is 3.68. The summed E-state index contributed by atoms with van der Waals surface area (Å²) >= 11 is 0. The molecule has 7 heavy (non-hydrogen) atoms. The molecule has 0 unspecified atom stereocenters. The third-order valence-electron chi connectivity index (χ3n) is 0.335. The summed E-state index contributed by atoms with van der Waals surface area (Å²) in [4.78, 5) is 3.44. The monoisotopic (exact) mass is 101 g/mol. The first-order valence-electron chi connectivity index (χ1n) is 1.95. The number of amidine groups is 1. The van der Waals surface area contributed by atoms with Gasteiger partial charge in [-0.15, -0.1) is 0 Å². The first-order chi connectivity index (χ1) is 3.13. The number of rotatable bonds is 0. The molecule has 0 saturated heterocycles. The van der Waals surface area contributed by atoms with Gasteiger partial charge in [0.15, 0.2) is 0 Å². The molecule has 0 atom stereocenters. The van der Waals surface area contributed by atoms with Crippen molar-refractivity contribution in [2.24, 2.45) is 4.99 Å². The van der Waals surface area contributed by atoms with E-state index in [-0.39, 0.29) is 11.7 Å². The average molecular weight is 101 g/mol. The minimum Gasteiger partial charge on any atom is -0.582 e. The second-order valence-electron chi connectivity index (χ2n) is 1.28. The maximum atomic E-state index is 6.72. The largest absolute Gasteiger partial charge is 0.582 e. The third kappa shape index (κ3) is 5.14. The van der Waals surface area contributed by atoms with Gasteiger partial charge in [-0.2, -0.15) is 4.99 Å². The number of aliphatic imine (C=N–C) groups is 1. The SMILES string of the molecule is CC(=N)N=C(C)[OH2+]. The fraction of sp³-hybridized carbons (Fsp3) is 0.500. The Hall–Kier alpha value is -0.860. The van der Waals surface area contributed by atoms with Gasteiger partial charge in [0, 0.05) is 0 Å². The molecule has 0 aliphatic rings. The van der Waals surface area contributed by atoms with Crippen molar-refractivity contribution in [1.29, 1.82) is 5.41 Å². The first-order valence-corrected chi connectivity index (χ1v) is 1.95. The number of nitrogens with one attached hydrogen (secondary N) is 1. The van der Waals surface area contributed by atoms with Gasteiger partial charge in [-0.05, 0) is 6.92 Å². The van der Waals surface area contributed by atoms with Crippen LogP contribution in [0.3, 0.4) is 0 Å². The zero-order chi connectivity index (χ0) is 5.86. The molecule has 0 amide bonds. The first kappa shape index (κ1) is 6.14. The summed E-state index contributed by atoms with van der Waals surface area (Å²) in [5, 5.41) is 13.4. The summed E-state index contributed by atoms with van der Waals surface area (Å²) in [6.07, 6.45) is 0. The fourth-order valence-electron chi connectivity index (χ4n) is 0.252. The summed E-state index contributed by atoms with van der Waals surface area (Å²) in [7, 11) is 0. The van der Waals surface area contributed by atoms with Crippen molar-refractivity contribution in [3.8, 4) is 0 Å². The van der Waals surface area contributed by atoms with Crippen LogP contribution in [0.5, 0.6) is 0 Å². The smallest absolute Gasteiger partial charge is 0.329 e. The standard InChI is InChI=1S/C4H8N2O/c1-3(5)6-4(2)7/h1-2H3,(H2,5,6,7)/p+1. The lowest BCUT2D eigenvalue weighted by Gasteiger charge is -1.79. The number of hydrogen-bond acceptors (Lipinski definition) is 1. The van der Waals surface area contributed by atoms with Crippen LogP contribution in [0, 0.1) is 5.41 Å². The summed E-state index contributed by atoms with van der Waals surface area (Å²) in [5.41, 5.74) is 0. The summed E-state index contributed by atoms with van der Waals surface area (Å²) in [6, 6.07) is 0. The van der Waals surface area contributed by atoms with E-state index in [0.29, 0.717) is 0 Å². The molecule has 40 valence electrons. The van der Waals surface area contributed by atoms with E-state index < -0.39 is 0 Å². The second-order valence-corrected chi connectivity index (χ2v) is 1.28. The van der Waals surface area contributed by atoms with Crippen LogP contribution in [-0.2, 0) is 0 Å². The lowest BCUT2D eigenvalue weighted by Crippen LogP contribution is -1.90. The van der Waals surface area contributed by atoms with Gasteiger partial charge in [0.05, 0.1) is 6.92 Å². The molecule has 0 aromatic heterocycles. The Kier molecular flexibility index (Phi) is 2.05. The maximum Gasteiger partial charge on any atom is 0.329 e. The predicted octanol–water partition coefficient (Wildman–Crippen LogP) is 0.127. The van der Waals surface area contributed by atoms with Crippen LogP contribution in [0.4, 0.5) is 0 Å². The lowest BCUT2D eigenvalue weighted by atomic mass is 10.7. The zero-order valence-corrected chi connectivity index (χ0v) is 4.45. The van der Waals surface area contributed by atoms with Crippen molar-refractivity contribution in [2.75, 3.05) is 0 Å². The van der Waals surface area contributed by atoms with Gasteiger partial charge in [0.1, 0.15) is 5.84 Å². The van der Waals surface area contributed by atoms with E-state index in [1.807, 2.05) is 0 Å². The van der Waals surface area contributed by atoms with Gasteiger partial charge >= 0.3 is 5.90 Å². The quantitative estimate of drug-likeness (QED) is 0.256. The average Bonchev–Trinajstić information content (AvgIpc) is 1.27. The van der Waals surface area contributed by atoms with E-state index in [2.05, 4.69) is 4.99 Å². The highest BCUT2D eigenvalue weighted by atomic mass is 16.3. The molecule has 0 saturated carbocycles. The van der Waals surface area contributed by atoms with Crippen molar-refractivity contribution >= 4 is 11.7 Å². The minimum atomic E-state index is 0.188. The summed E-state index contributed by atoms with van der Waals surface area (Å²) < 4.78 is 0. The molecule has 3 heteroatoms. The highest BCUT2D eigenvalue weighted by molar-refractivity contribution is 5.89. The fourth-order valence-corrected chi connectivity index (χ4v) is 0.252. The van der Waals surface area contributed by atoms with Crippen LogP contribution in [0.15, 0.2) is 4.99 Å². The van der Waals surface area contributed by atoms with Crippen molar-refractivity contribution < 1.29 is 5.11 Å². The molecule has 0 spiro atoms. The topological polar surface area (TPSA) is 59.1 Å². The Morgan fingerprint density at radius 1 is 1.57 bits per heavy atom. The van der Waals surface area contributed by atoms with Gasteiger partial charge in [-0.3, -0.25) is 5.41 Å². The van der Waals surface area contributed by atoms with Crippen LogP contribution in [0.2, 0.25) is 0 Å². The molecular weight excluding hydrogens is 92.1 g/mol. The molecule has 0 aliphatic carbocycles. The summed E-state index contributed by atoms with van der Waals surface area (Å²) in [6.45, 7) is 3.08. The molecule has 0 aromatic carbocycles.